The molecule has 0 fully saturated rings. The van der Waals surface area contributed by atoms with Crippen molar-refractivity contribution < 1.29 is 4.79 Å². The Morgan fingerprint density at radius 1 is 1.23 bits per heavy atom. The summed E-state index contributed by atoms with van der Waals surface area (Å²) >= 11 is 1.65. The topological polar surface area (TPSA) is 51.0 Å². The maximum absolute atomic E-state index is 12.6. The number of hydrogen-bond acceptors (Lipinski definition) is 4. The van der Waals surface area contributed by atoms with E-state index in [1.807, 2.05) is 54.8 Å². The second-order valence-corrected chi connectivity index (χ2v) is 5.79. The van der Waals surface area contributed by atoms with Crippen molar-refractivity contribution in [3.05, 3.63) is 64.6 Å². The van der Waals surface area contributed by atoms with E-state index in [1.165, 1.54) is 11.0 Å². The van der Waals surface area contributed by atoms with E-state index in [0.717, 1.165) is 10.6 Å². The van der Waals surface area contributed by atoms with E-state index in [1.54, 1.807) is 16.2 Å². The van der Waals surface area contributed by atoms with Crippen molar-refractivity contribution in [3.63, 3.8) is 0 Å². The number of carbonyl (C=O) groups is 1. The number of benzene rings is 1. The number of nitrogens with zero attached hydrogens (tertiary/aromatic N) is 4. The molecule has 3 aromatic rings. The Morgan fingerprint density at radius 2 is 2.05 bits per heavy atom. The molecule has 3 rings (SSSR count). The molecule has 2 aromatic heterocycles. The van der Waals surface area contributed by atoms with Crippen molar-refractivity contribution >= 4 is 17.2 Å². The van der Waals surface area contributed by atoms with Crippen molar-refractivity contribution in [3.8, 4) is 5.69 Å². The molecule has 1 aromatic carbocycles. The predicted octanol–water partition coefficient (Wildman–Crippen LogP) is 2.99. The first-order valence-corrected chi connectivity index (χ1v) is 7.95. The SMILES string of the molecule is CCN(Cc1cccs1)C(=O)c1cnn(-c2ccccc2)n1. The monoisotopic (exact) mass is 312 g/mol. The molecule has 0 aliphatic carbocycles. The zero-order chi connectivity index (χ0) is 15.4. The van der Waals surface area contributed by atoms with Gasteiger partial charge in [0.25, 0.3) is 5.91 Å². The lowest BCUT2D eigenvalue weighted by Crippen LogP contribution is -2.30. The number of amides is 1. The highest BCUT2D eigenvalue weighted by Crippen LogP contribution is 2.14. The van der Waals surface area contributed by atoms with E-state index in [0.29, 0.717) is 18.8 Å². The number of para-hydroxylation sites is 1. The molecule has 0 N–H and O–H groups in total. The van der Waals surface area contributed by atoms with Crippen LogP contribution in [0, 0.1) is 0 Å². The molecule has 0 spiro atoms. The molecular weight excluding hydrogens is 296 g/mol. The van der Waals surface area contributed by atoms with E-state index < -0.39 is 0 Å². The van der Waals surface area contributed by atoms with Gasteiger partial charge in [-0.1, -0.05) is 24.3 Å². The number of aromatic nitrogens is 3. The van der Waals surface area contributed by atoms with Gasteiger partial charge in [0.15, 0.2) is 5.69 Å². The van der Waals surface area contributed by atoms with E-state index in [-0.39, 0.29) is 5.91 Å². The van der Waals surface area contributed by atoms with Crippen molar-refractivity contribution in [2.75, 3.05) is 6.54 Å². The van der Waals surface area contributed by atoms with Gasteiger partial charge >= 0.3 is 0 Å². The standard InChI is InChI=1S/C16H16N4OS/c1-2-19(12-14-9-6-10-22-14)16(21)15-11-17-20(18-15)13-7-4-3-5-8-13/h3-11H,2,12H2,1H3. The van der Waals surface area contributed by atoms with E-state index in [9.17, 15) is 4.79 Å². The number of carbonyl (C=O) groups excluding carboxylic acids is 1. The molecule has 0 aliphatic heterocycles. The van der Waals surface area contributed by atoms with Crippen LogP contribution in [-0.2, 0) is 6.54 Å². The van der Waals surface area contributed by atoms with Crippen molar-refractivity contribution in [2.24, 2.45) is 0 Å². The van der Waals surface area contributed by atoms with Crippen LogP contribution in [0.3, 0.4) is 0 Å². The molecule has 0 atom stereocenters. The summed E-state index contributed by atoms with van der Waals surface area (Å²) in [6, 6.07) is 13.6. The molecule has 5 nitrogen and oxygen atoms in total. The summed E-state index contributed by atoms with van der Waals surface area (Å²) in [5, 5.41) is 10.5. The van der Waals surface area contributed by atoms with E-state index >= 15 is 0 Å². The van der Waals surface area contributed by atoms with Crippen LogP contribution in [0.5, 0.6) is 0 Å². The average Bonchev–Trinajstić information content (AvgIpc) is 3.24. The van der Waals surface area contributed by atoms with E-state index in [4.69, 9.17) is 0 Å². The Hall–Kier alpha value is -2.47. The third kappa shape index (κ3) is 3.07. The third-order valence-corrected chi connectivity index (χ3v) is 4.15. The van der Waals surface area contributed by atoms with Gasteiger partial charge in [-0.2, -0.15) is 9.90 Å². The molecule has 1 amide bonds. The second-order valence-electron chi connectivity index (χ2n) is 4.75. The van der Waals surface area contributed by atoms with Gasteiger partial charge in [-0.25, -0.2) is 0 Å². The fourth-order valence-corrected chi connectivity index (χ4v) is 2.85. The van der Waals surface area contributed by atoms with Gasteiger partial charge in [0.1, 0.15) is 0 Å². The summed E-state index contributed by atoms with van der Waals surface area (Å²) in [5.74, 6) is -0.0990. The van der Waals surface area contributed by atoms with Crippen LogP contribution in [0.4, 0.5) is 0 Å². The van der Waals surface area contributed by atoms with Crippen LogP contribution in [0.2, 0.25) is 0 Å². The summed E-state index contributed by atoms with van der Waals surface area (Å²) in [6.45, 7) is 3.20. The van der Waals surface area contributed by atoms with Gasteiger partial charge in [-0.05, 0) is 30.5 Å². The first-order chi connectivity index (χ1) is 10.8. The first-order valence-electron chi connectivity index (χ1n) is 7.07. The summed E-state index contributed by atoms with van der Waals surface area (Å²) in [4.78, 5) is 17.0. The van der Waals surface area contributed by atoms with Crippen molar-refractivity contribution in [1.29, 1.82) is 0 Å². The molecule has 0 saturated carbocycles. The summed E-state index contributed by atoms with van der Waals surface area (Å²) in [5.41, 5.74) is 1.20. The molecule has 0 aliphatic rings. The molecule has 0 unspecified atom stereocenters. The second kappa shape index (κ2) is 6.53. The average molecular weight is 312 g/mol. The smallest absolute Gasteiger partial charge is 0.276 e. The van der Waals surface area contributed by atoms with Gasteiger partial charge in [0.2, 0.25) is 0 Å². The summed E-state index contributed by atoms with van der Waals surface area (Å²) in [6.07, 6.45) is 1.52. The van der Waals surface area contributed by atoms with Gasteiger partial charge in [-0.3, -0.25) is 4.79 Å². The Labute approximate surface area is 132 Å². The predicted molar refractivity (Wildman–Crippen MR) is 86.1 cm³/mol. The molecule has 0 radical (unpaired) electrons. The normalized spacial score (nSPS) is 10.6. The van der Waals surface area contributed by atoms with Gasteiger partial charge in [0, 0.05) is 11.4 Å². The molecular formula is C16H16N4OS. The maximum Gasteiger partial charge on any atom is 0.276 e. The fourth-order valence-electron chi connectivity index (χ4n) is 2.13. The van der Waals surface area contributed by atoms with Crippen LogP contribution in [0.15, 0.2) is 54.0 Å². The third-order valence-electron chi connectivity index (χ3n) is 3.29. The first kappa shape index (κ1) is 14.5. The van der Waals surface area contributed by atoms with Gasteiger partial charge < -0.3 is 4.90 Å². The van der Waals surface area contributed by atoms with Crippen LogP contribution in [-0.4, -0.2) is 32.3 Å². The minimum Gasteiger partial charge on any atom is -0.332 e. The molecule has 0 bridgehead atoms. The number of hydrogen-bond donors (Lipinski definition) is 0. The highest BCUT2D eigenvalue weighted by molar-refractivity contribution is 7.09. The quantitative estimate of drug-likeness (QED) is 0.728. The minimum absolute atomic E-state index is 0.0990. The molecule has 112 valence electrons. The minimum atomic E-state index is -0.0990. The lowest BCUT2D eigenvalue weighted by Gasteiger charge is -2.18. The van der Waals surface area contributed by atoms with Crippen LogP contribution >= 0.6 is 11.3 Å². The largest absolute Gasteiger partial charge is 0.332 e. The van der Waals surface area contributed by atoms with Crippen LogP contribution in [0.1, 0.15) is 22.3 Å². The zero-order valence-electron chi connectivity index (χ0n) is 12.2. The van der Waals surface area contributed by atoms with Gasteiger partial charge in [0.05, 0.1) is 18.4 Å². The van der Waals surface area contributed by atoms with E-state index in [2.05, 4.69) is 10.2 Å². The fraction of sp³-hybridized carbons (Fsp3) is 0.188. The van der Waals surface area contributed by atoms with Crippen molar-refractivity contribution in [2.45, 2.75) is 13.5 Å². The Balaban J connectivity index is 1.78. The molecule has 6 heteroatoms. The van der Waals surface area contributed by atoms with Crippen LogP contribution < -0.4 is 0 Å². The van der Waals surface area contributed by atoms with Crippen LogP contribution in [0.25, 0.3) is 5.69 Å². The number of rotatable bonds is 5. The zero-order valence-corrected chi connectivity index (χ0v) is 13.0. The maximum atomic E-state index is 12.6. The Kier molecular flexibility index (Phi) is 4.29. The molecule has 2 heterocycles. The lowest BCUT2D eigenvalue weighted by molar-refractivity contribution is 0.0748. The Bertz CT molecular complexity index is 737. The Morgan fingerprint density at radius 3 is 2.73 bits per heavy atom. The summed E-state index contributed by atoms with van der Waals surface area (Å²) < 4.78 is 0. The highest BCUT2D eigenvalue weighted by atomic mass is 32.1. The summed E-state index contributed by atoms with van der Waals surface area (Å²) in [7, 11) is 0. The van der Waals surface area contributed by atoms with Gasteiger partial charge in [-0.15, -0.1) is 16.4 Å². The highest BCUT2D eigenvalue weighted by Gasteiger charge is 2.18. The van der Waals surface area contributed by atoms with Crippen molar-refractivity contribution in [1.82, 2.24) is 19.9 Å². The lowest BCUT2D eigenvalue weighted by atomic mass is 10.3. The molecule has 22 heavy (non-hydrogen) atoms. The number of thiophene rings is 1. The molecule has 0 saturated heterocycles.